The summed E-state index contributed by atoms with van der Waals surface area (Å²) in [6, 6.07) is 4.46. The topological polar surface area (TPSA) is 20.3 Å². The molecular weight excluding hydrogens is 334 g/mol. The van der Waals surface area contributed by atoms with Gasteiger partial charge in [0.1, 0.15) is 0 Å². The Kier molecular flexibility index (Phi) is 5.04. The fourth-order valence-corrected chi connectivity index (χ4v) is 1.74. The first-order valence-electron chi connectivity index (χ1n) is 4.98. The molecule has 0 spiro atoms. The van der Waals surface area contributed by atoms with Crippen LogP contribution in [0.25, 0.3) is 0 Å². The number of hydrogen-bond donors (Lipinski definition) is 0. The number of nitrogens with zero attached hydrogens (tertiary/aromatic N) is 1. The third kappa shape index (κ3) is 4.49. The Hall–Kier alpha value is -0.750. The lowest BCUT2D eigenvalue weighted by molar-refractivity contribution is -0.136. The number of alkyl halides is 3. The van der Waals surface area contributed by atoms with Gasteiger partial charge >= 0.3 is 6.18 Å². The second-order valence-electron chi connectivity index (χ2n) is 3.72. The summed E-state index contributed by atoms with van der Waals surface area (Å²) in [6.45, 7) is -0.372. The summed E-state index contributed by atoms with van der Waals surface area (Å²) < 4.78 is 36.6. The smallest absolute Gasteiger partial charge is 0.341 e. The minimum absolute atomic E-state index is 0.288. The van der Waals surface area contributed by atoms with Crippen molar-refractivity contribution in [1.29, 1.82) is 0 Å². The number of rotatable bonds is 3. The second kappa shape index (κ2) is 5.93. The molecule has 0 N–H and O–H groups in total. The Morgan fingerprint density at radius 3 is 2.56 bits per heavy atom. The monoisotopic (exact) mass is 343 g/mol. The number of benzene rings is 1. The molecule has 100 valence electrons. The van der Waals surface area contributed by atoms with E-state index in [-0.39, 0.29) is 12.1 Å². The van der Waals surface area contributed by atoms with E-state index in [1.807, 2.05) is 0 Å². The summed E-state index contributed by atoms with van der Waals surface area (Å²) >= 11 is 8.92. The van der Waals surface area contributed by atoms with Gasteiger partial charge in [0, 0.05) is 23.6 Å². The highest BCUT2D eigenvalue weighted by molar-refractivity contribution is 9.10. The van der Waals surface area contributed by atoms with E-state index >= 15 is 0 Å². The van der Waals surface area contributed by atoms with Crippen LogP contribution in [0.5, 0.6) is 0 Å². The summed E-state index contributed by atoms with van der Waals surface area (Å²) in [5.74, 6) is -0.475. The van der Waals surface area contributed by atoms with Crippen molar-refractivity contribution >= 4 is 33.4 Å². The Balaban J connectivity index is 2.71. The first-order chi connectivity index (χ1) is 8.20. The predicted molar refractivity (Wildman–Crippen MR) is 66.8 cm³/mol. The first-order valence-corrected chi connectivity index (χ1v) is 6.15. The van der Waals surface area contributed by atoms with E-state index in [9.17, 15) is 18.0 Å². The normalized spacial score (nSPS) is 11.4. The van der Waals surface area contributed by atoms with Crippen LogP contribution in [0, 0.1) is 0 Å². The van der Waals surface area contributed by atoms with Gasteiger partial charge in [-0.15, -0.1) is 0 Å². The van der Waals surface area contributed by atoms with Crippen LogP contribution in [0.2, 0.25) is 5.02 Å². The van der Waals surface area contributed by atoms with Crippen molar-refractivity contribution in [1.82, 2.24) is 4.90 Å². The molecule has 0 heterocycles. The highest BCUT2D eigenvalue weighted by atomic mass is 79.9. The van der Waals surface area contributed by atoms with Gasteiger partial charge in [0.25, 0.3) is 5.91 Å². The molecule has 0 aliphatic heterocycles. The zero-order valence-electron chi connectivity index (χ0n) is 9.39. The standard InChI is InChI=1S/C11H10BrClF3NO/c1-17(5-4-11(14,15)16)10(18)7-2-3-9(13)8(12)6-7/h2-3,6H,4-5H2,1H3. The number of hydrogen-bond acceptors (Lipinski definition) is 1. The lowest BCUT2D eigenvalue weighted by Crippen LogP contribution is -2.30. The van der Waals surface area contributed by atoms with Gasteiger partial charge in [-0.3, -0.25) is 4.79 Å². The first kappa shape index (κ1) is 15.3. The van der Waals surface area contributed by atoms with E-state index in [0.29, 0.717) is 9.50 Å². The minimum Gasteiger partial charge on any atom is -0.341 e. The molecule has 1 aromatic carbocycles. The Bertz CT molecular complexity index is 450. The van der Waals surface area contributed by atoms with Gasteiger partial charge in [-0.2, -0.15) is 13.2 Å². The van der Waals surface area contributed by atoms with E-state index < -0.39 is 18.5 Å². The molecule has 0 atom stereocenters. The molecule has 1 rings (SSSR count). The molecule has 0 saturated carbocycles. The second-order valence-corrected chi connectivity index (χ2v) is 4.98. The van der Waals surface area contributed by atoms with Crippen molar-refractivity contribution in [2.75, 3.05) is 13.6 Å². The molecule has 0 radical (unpaired) electrons. The molecule has 0 aromatic heterocycles. The summed E-state index contributed by atoms with van der Waals surface area (Å²) in [6.07, 6.45) is -5.29. The zero-order chi connectivity index (χ0) is 13.9. The SMILES string of the molecule is CN(CCC(F)(F)F)C(=O)c1ccc(Cl)c(Br)c1. The molecule has 0 aliphatic rings. The van der Waals surface area contributed by atoms with Crippen LogP contribution in [0.4, 0.5) is 13.2 Å². The maximum absolute atomic E-state index is 12.0. The Morgan fingerprint density at radius 2 is 2.06 bits per heavy atom. The third-order valence-electron chi connectivity index (χ3n) is 2.24. The van der Waals surface area contributed by atoms with Gasteiger partial charge in [0.2, 0.25) is 0 Å². The molecule has 0 fully saturated rings. The van der Waals surface area contributed by atoms with Crippen LogP contribution in [0.3, 0.4) is 0 Å². The number of halogens is 5. The molecule has 0 unspecified atom stereocenters. The fraction of sp³-hybridized carbons (Fsp3) is 0.364. The van der Waals surface area contributed by atoms with Crippen molar-refractivity contribution in [3.05, 3.63) is 33.3 Å². The minimum atomic E-state index is -4.27. The van der Waals surface area contributed by atoms with Crippen LogP contribution in [-0.4, -0.2) is 30.6 Å². The van der Waals surface area contributed by atoms with E-state index in [0.717, 1.165) is 4.90 Å². The molecule has 18 heavy (non-hydrogen) atoms. The zero-order valence-corrected chi connectivity index (χ0v) is 11.7. The Labute approximate surface area is 116 Å². The van der Waals surface area contributed by atoms with Gasteiger partial charge in [-0.25, -0.2) is 0 Å². The Morgan fingerprint density at radius 1 is 1.44 bits per heavy atom. The van der Waals surface area contributed by atoms with Gasteiger partial charge in [-0.1, -0.05) is 11.6 Å². The maximum atomic E-state index is 12.0. The average Bonchev–Trinajstić information content (AvgIpc) is 2.27. The lowest BCUT2D eigenvalue weighted by Gasteiger charge is -2.18. The summed E-state index contributed by atoms with van der Waals surface area (Å²) in [5.41, 5.74) is 0.288. The molecular formula is C11H10BrClF3NO. The maximum Gasteiger partial charge on any atom is 0.390 e. The van der Waals surface area contributed by atoms with Crippen molar-refractivity contribution in [2.45, 2.75) is 12.6 Å². The third-order valence-corrected chi connectivity index (χ3v) is 3.46. The lowest BCUT2D eigenvalue weighted by atomic mass is 10.2. The van der Waals surface area contributed by atoms with E-state index in [4.69, 9.17) is 11.6 Å². The highest BCUT2D eigenvalue weighted by Gasteiger charge is 2.28. The van der Waals surface area contributed by atoms with Crippen molar-refractivity contribution in [2.24, 2.45) is 0 Å². The van der Waals surface area contributed by atoms with Crippen LogP contribution in [0.1, 0.15) is 16.8 Å². The van der Waals surface area contributed by atoms with Crippen LogP contribution < -0.4 is 0 Å². The molecule has 7 heteroatoms. The highest BCUT2D eigenvalue weighted by Crippen LogP contribution is 2.24. The number of carbonyl (C=O) groups is 1. The van der Waals surface area contributed by atoms with E-state index in [1.165, 1.54) is 25.2 Å². The van der Waals surface area contributed by atoms with E-state index in [1.54, 1.807) is 0 Å². The largest absolute Gasteiger partial charge is 0.390 e. The van der Waals surface area contributed by atoms with Gasteiger partial charge in [0.15, 0.2) is 0 Å². The number of amides is 1. The van der Waals surface area contributed by atoms with E-state index in [2.05, 4.69) is 15.9 Å². The van der Waals surface area contributed by atoms with Crippen LogP contribution in [0.15, 0.2) is 22.7 Å². The molecule has 0 saturated heterocycles. The van der Waals surface area contributed by atoms with Crippen LogP contribution in [-0.2, 0) is 0 Å². The van der Waals surface area contributed by atoms with Crippen molar-refractivity contribution < 1.29 is 18.0 Å². The van der Waals surface area contributed by atoms with Crippen LogP contribution >= 0.6 is 27.5 Å². The fourth-order valence-electron chi connectivity index (χ4n) is 1.25. The summed E-state index contributed by atoms with van der Waals surface area (Å²) in [5, 5.41) is 0.435. The summed E-state index contributed by atoms with van der Waals surface area (Å²) in [7, 11) is 1.33. The van der Waals surface area contributed by atoms with Gasteiger partial charge < -0.3 is 4.90 Å². The van der Waals surface area contributed by atoms with Gasteiger partial charge in [-0.05, 0) is 34.1 Å². The molecule has 0 aliphatic carbocycles. The summed E-state index contributed by atoms with van der Waals surface area (Å²) in [4.78, 5) is 12.9. The number of carbonyl (C=O) groups excluding carboxylic acids is 1. The molecule has 1 amide bonds. The predicted octanol–water partition coefficient (Wildman–Crippen LogP) is 4.13. The van der Waals surface area contributed by atoms with Crippen molar-refractivity contribution in [3.8, 4) is 0 Å². The average molecular weight is 345 g/mol. The molecule has 2 nitrogen and oxygen atoms in total. The molecule has 0 bridgehead atoms. The quantitative estimate of drug-likeness (QED) is 0.807. The van der Waals surface area contributed by atoms with Crippen molar-refractivity contribution in [3.63, 3.8) is 0 Å². The van der Waals surface area contributed by atoms with Gasteiger partial charge in [0.05, 0.1) is 11.4 Å². The molecule has 1 aromatic rings.